The molecule has 0 heterocycles. The minimum absolute atomic E-state index is 0.322. The van der Waals surface area contributed by atoms with E-state index in [0.29, 0.717) is 5.75 Å². The molecule has 2 rings (SSSR count). The predicted octanol–water partition coefficient (Wildman–Crippen LogP) is 4.07. The Balaban J connectivity index is 0.000000216. The van der Waals surface area contributed by atoms with Crippen LogP contribution in [0.15, 0.2) is 48.6 Å². The van der Waals surface area contributed by atoms with E-state index < -0.39 is 20.8 Å². The first-order valence-corrected chi connectivity index (χ1v) is 10.6. The van der Waals surface area contributed by atoms with Crippen LogP contribution in [-0.4, -0.2) is 5.11 Å². The van der Waals surface area contributed by atoms with Gasteiger partial charge in [-0.25, -0.2) is 12.2 Å². The Bertz CT molecular complexity index is 276. The number of hydrogen-bond donors (Lipinski definition) is 1. The van der Waals surface area contributed by atoms with E-state index in [-0.39, 0.29) is 0 Å². The van der Waals surface area contributed by atoms with Crippen molar-refractivity contribution in [3.63, 3.8) is 0 Å². The molecule has 1 N–H and O–H groups in total. The monoisotopic (exact) mass is 319 g/mol. The van der Waals surface area contributed by atoms with Crippen molar-refractivity contribution < 1.29 is 26.0 Å². The Morgan fingerprint density at radius 2 is 1.80 bits per heavy atom. The van der Waals surface area contributed by atoms with Gasteiger partial charge in [-0.15, -0.1) is 6.42 Å². The maximum absolute atomic E-state index is 8.63. The van der Waals surface area contributed by atoms with E-state index in [1.807, 2.05) is 18.2 Å². The first kappa shape index (κ1) is 15.0. The molecule has 1 aliphatic carbocycles. The molecule has 0 aliphatic heterocycles. The molecule has 80 valence electrons. The van der Waals surface area contributed by atoms with Crippen molar-refractivity contribution >= 4 is 17.0 Å². The molecular weight excluding hydrogens is 310 g/mol. The number of halogens is 2. The summed E-state index contributed by atoms with van der Waals surface area (Å²) in [7, 11) is 9.87. The van der Waals surface area contributed by atoms with Crippen molar-refractivity contribution in [2.24, 2.45) is 0 Å². The van der Waals surface area contributed by atoms with Gasteiger partial charge in [0.1, 0.15) is 5.75 Å². The normalized spacial score (nSPS) is 10.8. The molecule has 1 aromatic rings. The third-order valence-corrected chi connectivity index (χ3v) is 1.34. The van der Waals surface area contributed by atoms with Gasteiger partial charge >= 0.3 is 37.9 Å². The van der Waals surface area contributed by atoms with Crippen LogP contribution in [0, 0.1) is 6.08 Å². The topological polar surface area (TPSA) is 20.2 Å². The molecule has 0 amide bonds. The predicted molar refractivity (Wildman–Crippen MR) is 61.4 cm³/mol. The van der Waals surface area contributed by atoms with Crippen molar-refractivity contribution in [2.75, 3.05) is 0 Å². The summed E-state index contributed by atoms with van der Waals surface area (Å²) in [6, 6.07) is 8.71. The fourth-order valence-electron chi connectivity index (χ4n) is 0.768. The van der Waals surface area contributed by atoms with Crippen LogP contribution >= 0.6 is 17.0 Å². The molecule has 0 saturated carbocycles. The van der Waals surface area contributed by atoms with Crippen molar-refractivity contribution in [3.8, 4) is 5.75 Å². The van der Waals surface area contributed by atoms with Gasteiger partial charge in [0.05, 0.1) is 0 Å². The number of phenolic OH excluding ortho intramolecular Hbond substituents is 1. The van der Waals surface area contributed by atoms with Crippen LogP contribution in [-0.2, 0) is 20.8 Å². The summed E-state index contributed by atoms with van der Waals surface area (Å²) in [6.07, 6.45) is 10.0. The zero-order chi connectivity index (χ0) is 11.4. The first-order chi connectivity index (χ1) is 7.31. The van der Waals surface area contributed by atoms with Gasteiger partial charge in [0.2, 0.25) is 0 Å². The van der Waals surface area contributed by atoms with Gasteiger partial charge in [-0.2, -0.15) is 6.08 Å². The van der Waals surface area contributed by atoms with Crippen LogP contribution in [0.1, 0.15) is 6.42 Å². The van der Waals surface area contributed by atoms with Gasteiger partial charge in [0.25, 0.3) is 0 Å². The average Bonchev–Trinajstić information content (AvgIpc) is 2.78. The Kier molecular flexibility index (Phi) is 12.0. The Labute approximate surface area is 109 Å². The van der Waals surface area contributed by atoms with Crippen LogP contribution in [0.25, 0.3) is 0 Å². The zero-order valence-electron chi connectivity index (χ0n) is 8.03. The number of hydrogen-bond acceptors (Lipinski definition) is 1. The van der Waals surface area contributed by atoms with Gasteiger partial charge in [-0.05, 0) is 12.1 Å². The molecule has 1 nitrogen and oxygen atoms in total. The second-order valence-corrected chi connectivity index (χ2v) is 6.14. The summed E-state index contributed by atoms with van der Waals surface area (Å²) < 4.78 is 0. The standard InChI is InChI=1S/C6H6O.C5H5.2ClH.Zr/c7-6-4-2-1-3-5-6;1-2-4-5-3-1;;;/h1-5,7H;1-3H,4H2;2*1H;/q;-1;;;+2/p-2. The maximum atomic E-state index is 8.63. The van der Waals surface area contributed by atoms with Crippen molar-refractivity contribution in [1.82, 2.24) is 0 Å². The second-order valence-electron chi connectivity index (χ2n) is 2.41. The minimum atomic E-state index is -0.826. The molecule has 0 radical (unpaired) electrons. The number of benzene rings is 1. The fourth-order valence-corrected chi connectivity index (χ4v) is 0.768. The van der Waals surface area contributed by atoms with Crippen molar-refractivity contribution in [2.45, 2.75) is 6.42 Å². The molecule has 0 spiro atoms. The summed E-state index contributed by atoms with van der Waals surface area (Å²) in [4.78, 5) is 0. The van der Waals surface area contributed by atoms with Crippen LogP contribution in [0.2, 0.25) is 0 Å². The summed E-state index contributed by atoms with van der Waals surface area (Å²) in [5, 5.41) is 8.63. The van der Waals surface area contributed by atoms with Crippen molar-refractivity contribution in [1.29, 1.82) is 0 Å². The summed E-state index contributed by atoms with van der Waals surface area (Å²) in [5.74, 6) is 0.322. The number of phenols is 1. The molecule has 4 heteroatoms. The summed E-state index contributed by atoms with van der Waals surface area (Å²) in [5.41, 5.74) is 0. The zero-order valence-corrected chi connectivity index (χ0v) is 12.0. The van der Waals surface area contributed by atoms with Gasteiger partial charge in [0.15, 0.2) is 0 Å². The summed E-state index contributed by atoms with van der Waals surface area (Å²) in [6.45, 7) is 0. The quantitative estimate of drug-likeness (QED) is 0.714. The molecule has 15 heavy (non-hydrogen) atoms. The van der Waals surface area contributed by atoms with E-state index in [1.54, 1.807) is 24.3 Å². The van der Waals surface area contributed by atoms with E-state index in [0.717, 1.165) is 6.42 Å². The van der Waals surface area contributed by atoms with Gasteiger partial charge < -0.3 is 5.11 Å². The molecule has 0 fully saturated rings. The Morgan fingerprint density at radius 1 is 1.20 bits per heavy atom. The van der Waals surface area contributed by atoms with E-state index in [4.69, 9.17) is 22.1 Å². The second kappa shape index (κ2) is 12.0. The molecule has 1 aliphatic rings. The third-order valence-electron chi connectivity index (χ3n) is 1.34. The van der Waals surface area contributed by atoms with Gasteiger partial charge in [0, 0.05) is 0 Å². The third kappa shape index (κ3) is 11.9. The SMILES string of the molecule is Oc1ccccc1.[C-]1=CC=CC1.[Cl][Zr][Cl]. The number of rotatable bonds is 0. The van der Waals surface area contributed by atoms with Crippen LogP contribution < -0.4 is 0 Å². The van der Waals surface area contributed by atoms with Gasteiger partial charge in [-0.3, -0.25) is 6.08 Å². The number of aromatic hydroxyl groups is 1. The van der Waals surface area contributed by atoms with E-state index in [2.05, 4.69) is 12.2 Å². The number of allylic oxidation sites excluding steroid dienone is 4. The molecule has 0 aromatic heterocycles. The molecular formula is C11H11Cl2OZr-. The number of para-hydroxylation sites is 1. The molecule has 0 bridgehead atoms. The van der Waals surface area contributed by atoms with Crippen LogP contribution in [0.4, 0.5) is 0 Å². The van der Waals surface area contributed by atoms with E-state index in [9.17, 15) is 0 Å². The Morgan fingerprint density at radius 3 is 2.00 bits per heavy atom. The molecule has 1 aromatic carbocycles. The molecule has 0 saturated heterocycles. The molecule has 0 atom stereocenters. The van der Waals surface area contributed by atoms with E-state index >= 15 is 0 Å². The Hall–Kier alpha value is -0.0369. The fraction of sp³-hybridized carbons (Fsp3) is 0.0909. The first-order valence-electron chi connectivity index (χ1n) is 4.23. The molecule has 0 unspecified atom stereocenters. The van der Waals surface area contributed by atoms with Crippen LogP contribution in [0.3, 0.4) is 0 Å². The summed E-state index contributed by atoms with van der Waals surface area (Å²) >= 11 is -0.826. The van der Waals surface area contributed by atoms with E-state index in [1.165, 1.54) is 0 Å². The van der Waals surface area contributed by atoms with Crippen LogP contribution in [0.5, 0.6) is 5.75 Å². The average molecular weight is 321 g/mol. The van der Waals surface area contributed by atoms with Gasteiger partial charge in [-0.1, -0.05) is 18.2 Å². The van der Waals surface area contributed by atoms with Crippen molar-refractivity contribution in [3.05, 3.63) is 54.6 Å².